The van der Waals surface area contributed by atoms with E-state index in [1.807, 2.05) is 6.07 Å². The fourth-order valence-corrected chi connectivity index (χ4v) is 3.28. The van der Waals surface area contributed by atoms with Crippen LogP contribution in [0.3, 0.4) is 0 Å². The highest BCUT2D eigenvalue weighted by molar-refractivity contribution is 7.89. The zero-order chi connectivity index (χ0) is 13.7. The average molecular weight is 280 g/mol. The molecule has 1 saturated heterocycles. The van der Waals surface area contributed by atoms with Crippen LogP contribution in [0.1, 0.15) is 18.4 Å². The molecule has 0 spiro atoms. The number of hydrogen-bond donors (Lipinski definition) is 2. The summed E-state index contributed by atoms with van der Waals surface area (Å²) in [5.74, 6) is 0.290. The molecule has 19 heavy (non-hydrogen) atoms. The van der Waals surface area contributed by atoms with Crippen molar-refractivity contribution in [1.82, 2.24) is 15.0 Å². The molecule has 1 aliphatic rings. The minimum atomic E-state index is -3.71. The Labute approximate surface area is 112 Å². The standard InChI is InChI=1S/C12H16N4O2S/c13-7-11-4-2-6-15-12(11)19(17,18)16-9-10-3-1-5-14-8-10/h2,4,6,10,14,16H,1,3,5,8-9H2. The van der Waals surface area contributed by atoms with Crippen LogP contribution in [0.25, 0.3) is 0 Å². The van der Waals surface area contributed by atoms with Crippen LogP contribution >= 0.6 is 0 Å². The van der Waals surface area contributed by atoms with E-state index in [4.69, 9.17) is 5.26 Å². The number of aromatic nitrogens is 1. The third-order valence-electron chi connectivity index (χ3n) is 3.11. The Balaban J connectivity index is 2.07. The predicted octanol–water partition coefficient (Wildman–Crippen LogP) is 0.231. The van der Waals surface area contributed by atoms with Crippen molar-refractivity contribution in [2.45, 2.75) is 17.9 Å². The molecule has 1 atom stereocenters. The van der Waals surface area contributed by atoms with E-state index in [0.717, 1.165) is 25.9 Å². The highest BCUT2D eigenvalue weighted by Gasteiger charge is 2.22. The molecule has 6 nitrogen and oxygen atoms in total. The van der Waals surface area contributed by atoms with Gasteiger partial charge in [-0.15, -0.1) is 0 Å². The number of sulfonamides is 1. The molecule has 0 aliphatic carbocycles. The second kappa shape index (κ2) is 6.10. The van der Waals surface area contributed by atoms with Gasteiger partial charge in [0, 0.05) is 12.7 Å². The summed E-state index contributed by atoms with van der Waals surface area (Å²) in [5.41, 5.74) is 0.0665. The molecular weight excluding hydrogens is 264 g/mol. The van der Waals surface area contributed by atoms with Crippen LogP contribution in [0, 0.1) is 17.2 Å². The van der Waals surface area contributed by atoms with Gasteiger partial charge in [-0.1, -0.05) is 0 Å². The van der Waals surface area contributed by atoms with E-state index in [2.05, 4.69) is 15.0 Å². The Morgan fingerprint density at radius 3 is 3.11 bits per heavy atom. The molecule has 0 bridgehead atoms. The number of nitrogens with one attached hydrogen (secondary N) is 2. The minimum Gasteiger partial charge on any atom is -0.316 e. The van der Waals surface area contributed by atoms with Gasteiger partial charge in [-0.05, 0) is 44.0 Å². The number of rotatable bonds is 4. The van der Waals surface area contributed by atoms with E-state index in [9.17, 15) is 8.42 Å². The van der Waals surface area contributed by atoms with Crippen molar-refractivity contribution in [1.29, 1.82) is 5.26 Å². The summed E-state index contributed by atoms with van der Waals surface area (Å²) in [7, 11) is -3.71. The van der Waals surface area contributed by atoms with Gasteiger partial charge in [0.05, 0.1) is 5.56 Å². The molecule has 0 saturated carbocycles. The first kappa shape index (κ1) is 13.9. The monoisotopic (exact) mass is 280 g/mol. The molecular formula is C12H16N4O2S. The Morgan fingerprint density at radius 1 is 1.58 bits per heavy atom. The van der Waals surface area contributed by atoms with E-state index in [1.54, 1.807) is 6.07 Å². The Hall–Kier alpha value is -1.49. The zero-order valence-electron chi connectivity index (χ0n) is 10.5. The third kappa shape index (κ3) is 3.50. The number of piperidine rings is 1. The lowest BCUT2D eigenvalue weighted by Gasteiger charge is -2.22. The first-order valence-electron chi connectivity index (χ1n) is 6.19. The Bertz CT molecular complexity index is 574. The Morgan fingerprint density at radius 2 is 2.42 bits per heavy atom. The summed E-state index contributed by atoms with van der Waals surface area (Å²) in [6.07, 6.45) is 3.43. The average Bonchev–Trinajstić information content (AvgIpc) is 2.46. The fourth-order valence-electron chi connectivity index (χ4n) is 2.08. The molecule has 2 rings (SSSR count). The van der Waals surface area contributed by atoms with Gasteiger partial charge >= 0.3 is 0 Å². The van der Waals surface area contributed by atoms with Gasteiger partial charge in [-0.2, -0.15) is 5.26 Å². The minimum absolute atomic E-state index is 0.0665. The van der Waals surface area contributed by atoms with E-state index in [-0.39, 0.29) is 16.5 Å². The van der Waals surface area contributed by atoms with Crippen molar-refractivity contribution < 1.29 is 8.42 Å². The molecule has 102 valence electrons. The maximum Gasteiger partial charge on any atom is 0.259 e. The smallest absolute Gasteiger partial charge is 0.259 e. The maximum atomic E-state index is 12.1. The summed E-state index contributed by atoms with van der Waals surface area (Å²) >= 11 is 0. The van der Waals surface area contributed by atoms with Crippen LogP contribution in [0.15, 0.2) is 23.4 Å². The predicted molar refractivity (Wildman–Crippen MR) is 69.7 cm³/mol. The molecule has 0 amide bonds. The topological polar surface area (TPSA) is 94.9 Å². The third-order valence-corrected chi connectivity index (χ3v) is 4.49. The largest absolute Gasteiger partial charge is 0.316 e. The lowest BCUT2D eigenvalue weighted by molar-refractivity contribution is 0.375. The normalized spacial score (nSPS) is 19.8. The second-order valence-electron chi connectivity index (χ2n) is 4.53. The maximum absolute atomic E-state index is 12.1. The lowest BCUT2D eigenvalue weighted by Crippen LogP contribution is -2.38. The van der Waals surface area contributed by atoms with Gasteiger partial charge in [-0.25, -0.2) is 18.1 Å². The number of nitriles is 1. The van der Waals surface area contributed by atoms with Crippen LogP contribution in [0.2, 0.25) is 0 Å². The van der Waals surface area contributed by atoms with Gasteiger partial charge in [0.15, 0.2) is 5.03 Å². The molecule has 7 heteroatoms. The highest BCUT2D eigenvalue weighted by Crippen LogP contribution is 2.13. The first-order valence-corrected chi connectivity index (χ1v) is 7.67. The lowest BCUT2D eigenvalue weighted by atomic mass is 10.0. The first-order chi connectivity index (χ1) is 9.13. The molecule has 1 fully saturated rings. The number of pyridine rings is 1. The SMILES string of the molecule is N#Cc1cccnc1S(=O)(=O)NCC1CCCNC1. The summed E-state index contributed by atoms with van der Waals surface area (Å²) in [6, 6.07) is 4.84. The van der Waals surface area contributed by atoms with Crippen LogP contribution in [-0.4, -0.2) is 33.0 Å². The van der Waals surface area contributed by atoms with Crippen LogP contribution in [0.4, 0.5) is 0 Å². The zero-order valence-corrected chi connectivity index (χ0v) is 11.3. The van der Waals surface area contributed by atoms with Crippen molar-refractivity contribution in [3.8, 4) is 6.07 Å². The molecule has 2 N–H and O–H groups in total. The van der Waals surface area contributed by atoms with E-state index in [1.165, 1.54) is 12.3 Å². The summed E-state index contributed by atoms with van der Waals surface area (Å²) in [6.45, 7) is 2.18. The van der Waals surface area contributed by atoms with Gasteiger partial charge < -0.3 is 5.32 Å². The van der Waals surface area contributed by atoms with Crippen molar-refractivity contribution in [3.05, 3.63) is 23.9 Å². The second-order valence-corrected chi connectivity index (χ2v) is 6.21. The quantitative estimate of drug-likeness (QED) is 0.823. The van der Waals surface area contributed by atoms with Gasteiger partial charge in [0.2, 0.25) is 0 Å². The van der Waals surface area contributed by atoms with E-state index < -0.39 is 10.0 Å². The van der Waals surface area contributed by atoms with Crippen LogP contribution in [0.5, 0.6) is 0 Å². The fraction of sp³-hybridized carbons (Fsp3) is 0.500. The summed E-state index contributed by atoms with van der Waals surface area (Å²) < 4.78 is 26.8. The van der Waals surface area contributed by atoms with E-state index >= 15 is 0 Å². The highest BCUT2D eigenvalue weighted by atomic mass is 32.2. The molecule has 1 aliphatic heterocycles. The summed E-state index contributed by atoms with van der Waals surface area (Å²) in [5, 5.41) is 11.9. The molecule has 0 aromatic carbocycles. The van der Waals surface area contributed by atoms with Crippen LogP contribution < -0.4 is 10.0 Å². The molecule has 0 radical (unpaired) electrons. The van der Waals surface area contributed by atoms with Gasteiger partial charge in [0.1, 0.15) is 6.07 Å². The molecule has 1 aromatic rings. The van der Waals surface area contributed by atoms with Crippen LogP contribution in [-0.2, 0) is 10.0 Å². The van der Waals surface area contributed by atoms with Gasteiger partial charge in [-0.3, -0.25) is 0 Å². The molecule has 1 aromatic heterocycles. The summed E-state index contributed by atoms with van der Waals surface area (Å²) in [4.78, 5) is 3.80. The molecule has 1 unspecified atom stereocenters. The number of hydrogen-bond acceptors (Lipinski definition) is 5. The van der Waals surface area contributed by atoms with Gasteiger partial charge in [0.25, 0.3) is 10.0 Å². The molecule has 2 heterocycles. The van der Waals surface area contributed by atoms with Crippen molar-refractivity contribution in [3.63, 3.8) is 0 Å². The van der Waals surface area contributed by atoms with Crippen molar-refractivity contribution in [2.24, 2.45) is 5.92 Å². The Kier molecular flexibility index (Phi) is 4.47. The van der Waals surface area contributed by atoms with Crippen molar-refractivity contribution >= 4 is 10.0 Å². The van der Waals surface area contributed by atoms with E-state index in [0.29, 0.717) is 6.54 Å². The van der Waals surface area contributed by atoms with Crippen molar-refractivity contribution in [2.75, 3.05) is 19.6 Å². The number of nitrogens with zero attached hydrogens (tertiary/aromatic N) is 2.